The van der Waals surface area contributed by atoms with E-state index in [0.717, 1.165) is 0 Å². The van der Waals surface area contributed by atoms with Crippen LogP contribution in [0.2, 0.25) is 0 Å². The fraction of sp³-hybridized carbons (Fsp3) is 0.143. The van der Waals surface area contributed by atoms with Gasteiger partial charge in [0.25, 0.3) is 0 Å². The summed E-state index contributed by atoms with van der Waals surface area (Å²) in [4.78, 5) is 11.9. The highest BCUT2D eigenvalue weighted by Crippen LogP contribution is 2.38. The Hall–Kier alpha value is -0.210. The average molecular weight is 252 g/mol. The molecule has 0 fully saturated rings. The number of hydrogen-bond donors (Lipinski definition) is 0. The Balaban J connectivity index is 2.86. The SMILES string of the molecule is N#CSC(Cl)(Cl)C(=O)c1cccs1. The van der Waals surface area contributed by atoms with Gasteiger partial charge in [-0.2, -0.15) is 5.26 Å². The maximum absolute atomic E-state index is 11.5. The highest BCUT2D eigenvalue weighted by atomic mass is 35.5. The van der Waals surface area contributed by atoms with E-state index in [-0.39, 0.29) is 0 Å². The molecule has 0 aliphatic carbocycles. The summed E-state index contributed by atoms with van der Waals surface area (Å²) in [7, 11) is 0. The molecule has 1 heterocycles. The van der Waals surface area contributed by atoms with Crippen molar-refractivity contribution in [2.24, 2.45) is 0 Å². The van der Waals surface area contributed by atoms with E-state index in [4.69, 9.17) is 28.5 Å². The number of alkyl halides is 2. The summed E-state index contributed by atoms with van der Waals surface area (Å²) in [5, 5.41) is 11.8. The second kappa shape index (κ2) is 4.34. The lowest BCUT2D eigenvalue weighted by atomic mass is 10.3. The first-order chi connectivity index (χ1) is 6.08. The van der Waals surface area contributed by atoms with Crippen molar-refractivity contribution in [2.45, 2.75) is 3.67 Å². The second-order valence-electron chi connectivity index (χ2n) is 2.02. The number of thioether (sulfide) groups is 1. The van der Waals surface area contributed by atoms with Crippen LogP contribution in [0.15, 0.2) is 17.5 Å². The molecule has 0 amide bonds. The van der Waals surface area contributed by atoms with E-state index in [1.54, 1.807) is 22.9 Å². The van der Waals surface area contributed by atoms with Gasteiger partial charge in [0.15, 0.2) is 0 Å². The lowest BCUT2D eigenvalue weighted by molar-refractivity contribution is 0.100. The van der Waals surface area contributed by atoms with E-state index < -0.39 is 9.45 Å². The minimum absolute atomic E-state index is 0.447. The quantitative estimate of drug-likeness (QED) is 0.471. The van der Waals surface area contributed by atoms with Gasteiger partial charge in [-0.1, -0.05) is 29.3 Å². The van der Waals surface area contributed by atoms with E-state index in [1.807, 2.05) is 0 Å². The number of halogens is 2. The van der Waals surface area contributed by atoms with Gasteiger partial charge >= 0.3 is 0 Å². The van der Waals surface area contributed by atoms with Crippen LogP contribution in [-0.4, -0.2) is 9.45 Å². The molecule has 0 atom stereocenters. The first-order valence-corrected chi connectivity index (χ1v) is 5.56. The third-order valence-electron chi connectivity index (χ3n) is 1.18. The zero-order chi connectivity index (χ0) is 9.90. The van der Waals surface area contributed by atoms with Gasteiger partial charge in [0, 0.05) is 11.8 Å². The van der Waals surface area contributed by atoms with E-state index >= 15 is 0 Å². The predicted octanol–water partition coefficient (Wildman–Crippen LogP) is 3.28. The fourth-order valence-corrected chi connectivity index (χ4v) is 2.28. The van der Waals surface area contributed by atoms with Gasteiger partial charge in [0.05, 0.1) is 4.88 Å². The Kier molecular flexibility index (Phi) is 3.63. The number of Topliss-reactive ketones (excluding diaryl/α,β-unsaturated/α-hetero) is 1. The third-order valence-corrected chi connectivity index (χ3v) is 3.39. The Morgan fingerprint density at radius 2 is 2.38 bits per heavy atom. The average Bonchev–Trinajstić information content (AvgIpc) is 2.54. The van der Waals surface area contributed by atoms with Crippen LogP contribution in [0.4, 0.5) is 0 Å². The van der Waals surface area contributed by atoms with Crippen LogP contribution in [0.25, 0.3) is 0 Å². The molecule has 1 rings (SSSR count). The number of nitriles is 1. The predicted molar refractivity (Wildman–Crippen MR) is 56.3 cm³/mol. The first kappa shape index (κ1) is 10.9. The van der Waals surface area contributed by atoms with Gasteiger partial charge in [-0.15, -0.1) is 11.3 Å². The molecule has 13 heavy (non-hydrogen) atoms. The molecule has 0 radical (unpaired) electrons. The normalized spacial score (nSPS) is 10.8. The lowest BCUT2D eigenvalue weighted by Gasteiger charge is -2.10. The van der Waals surface area contributed by atoms with Crippen molar-refractivity contribution in [3.05, 3.63) is 22.4 Å². The standard InChI is InChI=1S/C7H3Cl2NOS2/c8-7(9,13-4-10)6(11)5-2-1-3-12-5/h1-3H. The zero-order valence-corrected chi connectivity index (χ0v) is 9.30. The van der Waals surface area contributed by atoms with E-state index in [0.29, 0.717) is 16.6 Å². The van der Waals surface area contributed by atoms with Gasteiger partial charge < -0.3 is 0 Å². The Bertz CT molecular complexity index is 342. The summed E-state index contributed by atoms with van der Waals surface area (Å²) >= 11 is 13.1. The van der Waals surface area contributed by atoms with Gasteiger partial charge in [-0.25, -0.2) is 0 Å². The van der Waals surface area contributed by atoms with Crippen LogP contribution in [0.1, 0.15) is 9.67 Å². The molecular formula is C7H3Cl2NOS2. The highest BCUT2D eigenvalue weighted by molar-refractivity contribution is 8.08. The molecule has 0 saturated heterocycles. The van der Waals surface area contributed by atoms with Crippen molar-refractivity contribution in [1.82, 2.24) is 0 Å². The van der Waals surface area contributed by atoms with Crippen LogP contribution in [0.3, 0.4) is 0 Å². The molecule has 6 heteroatoms. The molecule has 0 bridgehead atoms. The summed E-state index contributed by atoms with van der Waals surface area (Å²) < 4.78 is -1.69. The van der Waals surface area contributed by atoms with Gasteiger partial charge in [0.1, 0.15) is 5.40 Å². The summed E-state index contributed by atoms with van der Waals surface area (Å²) in [6, 6.07) is 3.34. The smallest absolute Gasteiger partial charge is 0.239 e. The third kappa shape index (κ3) is 2.61. The van der Waals surface area contributed by atoms with Crippen molar-refractivity contribution >= 4 is 52.1 Å². The molecule has 0 aliphatic rings. The molecule has 0 aliphatic heterocycles. The van der Waals surface area contributed by atoms with E-state index in [2.05, 4.69) is 0 Å². The molecule has 0 unspecified atom stereocenters. The Morgan fingerprint density at radius 1 is 1.69 bits per heavy atom. The number of ketones is 1. The molecule has 0 N–H and O–H groups in total. The number of hydrogen-bond acceptors (Lipinski definition) is 4. The van der Waals surface area contributed by atoms with Crippen LogP contribution in [0, 0.1) is 10.7 Å². The van der Waals surface area contributed by atoms with Crippen LogP contribution in [-0.2, 0) is 0 Å². The van der Waals surface area contributed by atoms with E-state index in [9.17, 15) is 4.79 Å². The molecule has 0 spiro atoms. The number of thiophene rings is 1. The molecule has 1 aromatic rings. The first-order valence-electron chi connectivity index (χ1n) is 3.11. The molecule has 0 saturated carbocycles. The van der Waals surface area contributed by atoms with Crippen molar-refractivity contribution in [3.63, 3.8) is 0 Å². The number of nitrogens with zero attached hydrogens (tertiary/aromatic N) is 1. The molecular weight excluding hydrogens is 249 g/mol. The summed E-state index contributed by atoms with van der Waals surface area (Å²) in [5.41, 5.74) is 0. The minimum Gasteiger partial charge on any atom is -0.289 e. The van der Waals surface area contributed by atoms with Gasteiger partial charge in [0.2, 0.25) is 9.45 Å². The molecule has 1 aromatic heterocycles. The van der Waals surface area contributed by atoms with Crippen molar-refractivity contribution in [1.29, 1.82) is 5.26 Å². The number of thiocyanates is 1. The van der Waals surface area contributed by atoms with Crippen molar-refractivity contribution in [3.8, 4) is 5.40 Å². The zero-order valence-electron chi connectivity index (χ0n) is 6.16. The molecule has 2 nitrogen and oxygen atoms in total. The summed E-state index contributed by atoms with van der Waals surface area (Å²) in [5.74, 6) is -0.447. The van der Waals surface area contributed by atoms with Crippen LogP contribution in [0.5, 0.6) is 0 Å². The van der Waals surface area contributed by atoms with Gasteiger partial charge in [-0.05, 0) is 11.4 Å². The Morgan fingerprint density at radius 3 is 2.85 bits per heavy atom. The molecule has 0 aromatic carbocycles. The van der Waals surface area contributed by atoms with Crippen LogP contribution >= 0.6 is 46.3 Å². The number of carbonyl (C=O) groups excluding carboxylic acids is 1. The second-order valence-corrected chi connectivity index (χ2v) is 5.74. The maximum atomic E-state index is 11.5. The maximum Gasteiger partial charge on any atom is 0.239 e. The fourth-order valence-electron chi connectivity index (χ4n) is 0.655. The highest BCUT2D eigenvalue weighted by Gasteiger charge is 2.36. The largest absolute Gasteiger partial charge is 0.289 e. The monoisotopic (exact) mass is 251 g/mol. The number of rotatable bonds is 3. The lowest BCUT2D eigenvalue weighted by Crippen LogP contribution is -2.20. The Labute approximate surface area is 93.5 Å². The van der Waals surface area contributed by atoms with Crippen molar-refractivity contribution < 1.29 is 4.79 Å². The van der Waals surface area contributed by atoms with Crippen LogP contribution < -0.4 is 0 Å². The van der Waals surface area contributed by atoms with Gasteiger partial charge in [-0.3, -0.25) is 4.79 Å². The minimum atomic E-state index is -1.69. The van der Waals surface area contributed by atoms with Crippen molar-refractivity contribution in [2.75, 3.05) is 0 Å². The summed E-state index contributed by atoms with van der Waals surface area (Å²) in [6.45, 7) is 0. The summed E-state index contributed by atoms with van der Waals surface area (Å²) in [6.07, 6.45) is 0. The number of carbonyl (C=O) groups is 1. The molecule has 68 valence electrons. The van der Waals surface area contributed by atoms with E-state index in [1.165, 1.54) is 11.3 Å². The topological polar surface area (TPSA) is 40.9 Å².